The molecule has 0 spiro atoms. The smallest absolute Gasteiger partial charge is 0.192 e. The van der Waals surface area contributed by atoms with E-state index in [1.165, 1.54) is 0 Å². The van der Waals surface area contributed by atoms with E-state index in [1.807, 2.05) is 25.1 Å². The quantitative estimate of drug-likeness (QED) is 0.849. The minimum absolute atomic E-state index is 0.0526. The molecule has 0 amide bonds. The van der Waals surface area contributed by atoms with Crippen LogP contribution < -0.4 is 15.2 Å². The van der Waals surface area contributed by atoms with Crippen molar-refractivity contribution in [2.75, 3.05) is 26.4 Å². The highest BCUT2D eigenvalue weighted by Gasteiger charge is 2.38. The fourth-order valence-electron chi connectivity index (χ4n) is 2.23. The zero-order valence-corrected chi connectivity index (χ0v) is 10.3. The van der Waals surface area contributed by atoms with Crippen LogP contribution in [0.2, 0.25) is 0 Å². The number of rotatable bonds is 2. The Bertz CT molecular complexity index is 451. The summed E-state index contributed by atoms with van der Waals surface area (Å²) in [6, 6.07) is 5.73. The maximum absolute atomic E-state index is 5.83. The zero-order valence-electron chi connectivity index (χ0n) is 10.3. The first-order chi connectivity index (χ1) is 8.71. The van der Waals surface area contributed by atoms with Gasteiger partial charge in [0.25, 0.3) is 0 Å². The van der Waals surface area contributed by atoms with E-state index in [0.717, 1.165) is 17.1 Å². The molecule has 98 valence electrons. The summed E-state index contributed by atoms with van der Waals surface area (Å²) in [6.45, 7) is 4.03. The molecule has 0 radical (unpaired) electrons. The molecule has 1 aromatic rings. The first kappa shape index (κ1) is 11.8. The van der Waals surface area contributed by atoms with Gasteiger partial charge < -0.3 is 24.7 Å². The van der Waals surface area contributed by atoms with Gasteiger partial charge >= 0.3 is 0 Å². The third kappa shape index (κ3) is 1.94. The average molecular weight is 251 g/mol. The van der Waals surface area contributed by atoms with E-state index in [4.69, 9.17) is 24.7 Å². The van der Waals surface area contributed by atoms with Gasteiger partial charge in [-0.05, 0) is 25.1 Å². The van der Waals surface area contributed by atoms with Gasteiger partial charge in [0.05, 0.1) is 12.7 Å². The molecule has 0 saturated carbocycles. The summed E-state index contributed by atoms with van der Waals surface area (Å²) in [5, 5.41) is 0. The molecule has 5 heteroatoms. The van der Waals surface area contributed by atoms with Crippen molar-refractivity contribution in [1.82, 2.24) is 0 Å². The van der Waals surface area contributed by atoms with E-state index in [2.05, 4.69) is 0 Å². The summed E-state index contributed by atoms with van der Waals surface area (Å²) in [4.78, 5) is 0. The van der Waals surface area contributed by atoms with Gasteiger partial charge in [-0.2, -0.15) is 0 Å². The van der Waals surface area contributed by atoms with E-state index >= 15 is 0 Å². The van der Waals surface area contributed by atoms with Crippen molar-refractivity contribution in [3.63, 3.8) is 0 Å². The van der Waals surface area contributed by atoms with Crippen LogP contribution in [-0.2, 0) is 15.3 Å². The van der Waals surface area contributed by atoms with Gasteiger partial charge in [0.1, 0.15) is 13.2 Å². The lowest BCUT2D eigenvalue weighted by molar-refractivity contribution is -0.160. The molecule has 2 atom stereocenters. The first-order valence-electron chi connectivity index (χ1n) is 6.13. The summed E-state index contributed by atoms with van der Waals surface area (Å²) in [5.74, 6) is 0.755. The molecule has 0 aromatic heterocycles. The topological polar surface area (TPSA) is 62.9 Å². The van der Waals surface area contributed by atoms with Gasteiger partial charge in [0.15, 0.2) is 17.3 Å². The summed E-state index contributed by atoms with van der Waals surface area (Å²) in [5.41, 5.74) is 6.51. The third-order valence-corrected chi connectivity index (χ3v) is 3.27. The molecular weight excluding hydrogens is 234 g/mol. The molecule has 2 heterocycles. The average Bonchev–Trinajstić information content (AvgIpc) is 2.81. The molecule has 2 aliphatic rings. The summed E-state index contributed by atoms with van der Waals surface area (Å²) in [7, 11) is 0. The molecule has 3 rings (SSSR count). The fraction of sp³-hybridized carbons (Fsp3) is 0.538. The van der Waals surface area contributed by atoms with Crippen LogP contribution in [0.1, 0.15) is 12.5 Å². The summed E-state index contributed by atoms with van der Waals surface area (Å²) >= 11 is 0. The Morgan fingerprint density at radius 2 is 2.06 bits per heavy atom. The molecular formula is C13H17NO4. The Balaban J connectivity index is 1.88. The highest BCUT2D eigenvalue weighted by molar-refractivity contribution is 5.45. The van der Waals surface area contributed by atoms with E-state index in [-0.39, 0.29) is 6.10 Å². The SMILES string of the molecule is CC1(c2ccc3c(c2)OCCO3)OCC(CN)O1. The van der Waals surface area contributed by atoms with Crippen molar-refractivity contribution in [1.29, 1.82) is 0 Å². The second-order valence-corrected chi connectivity index (χ2v) is 4.59. The summed E-state index contributed by atoms with van der Waals surface area (Å²) < 4.78 is 22.6. The minimum Gasteiger partial charge on any atom is -0.486 e. The van der Waals surface area contributed by atoms with Gasteiger partial charge in [-0.15, -0.1) is 0 Å². The van der Waals surface area contributed by atoms with E-state index < -0.39 is 5.79 Å². The van der Waals surface area contributed by atoms with Gasteiger partial charge in [0, 0.05) is 12.1 Å². The number of benzene rings is 1. The van der Waals surface area contributed by atoms with Crippen LogP contribution >= 0.6 is 0 Å². The van der Waals surface area contributed by atoms with Crippen LogP contribution in [0.25, 0.3) is 0 Å². The Morgan fingerprint density at radius 3 is 2.78 bits per heavy atom. The molecule has 1 saturated heterocycles. The molecule has 5 nitrogen and oxygen atoms in total. The predicted octanol–water partition coefficient (Wildman–Crippen LogP) is 1.00. The molecule has 0 aliphatic carbocycles. The van der Waals surface area contributed by atoms with Crippen LogP contribution in [-0.4, -0.2) is 32.5 Å². The lowest BCUT2D eigenvalue weighted by Gasteiger charge is -2.26. The molecule has 0 bridgehead atoms. The number of ether oxygens (including phenoxy) is 4. The van der Waals surface area contributed by atoms with Crippen LogP contribution in [0.15, 0.2) is 18.2 Å². The number of nitrogens with two attached hydrogens (primary N) is 1. The molecule has 2 aliphatic heterocycles. The van der Waals surface area contributed by atoms with Crippen molar-refractivity contribution in [3.8, 4) is 11.5 Å². The van der Waals surface area contributed by atoms with Gasteiger partial charge in [-0.3, -0.25) is 0 Å². The lowest BCUT2D eigenvalue weighted by Crippen LogP contribution is -2.27. The maximum atomic E-state index is 5.83. The molecule has 1 fully saturated rings. The van der Waals surface area contributed by atoms with E-state index in [1.54, 1.807) is 0 Å². The normalized spacial score (nSPS) is 30.4. The van der Waals surface area contributed by atoms with Gasteiger partial charge in [0.2, 0.25) is 0 Å². The second-order valence-electron chi connectivity index (χ2n) is 4.59. The third-order valence-electron chi connectivity index (χ3n) is 3.27. The molecule has 1 aromatic carbocycles. The first-order valence-corrected chi connectivity index (χ1v) is 6.13. The Labute approximate surface area is 106 Å². The number of hydrogen-bond donors (Lipinski definition) is 1. The van der Waals surface area contributed by atoms with Crippen LogP contribution in [0.5, 0.6) is 11.5 Å². The van der Waals surface area contributed by atoms with Crippen LogP contribution in [0, 0.1) is 0 Å². The van der Waals surface area contributed by atoms with E-state index in [9.17, 15) is 0 Å². The van der Waals surface area contributed by atoms with E-state index in [0.29, 0.717) is 26.4 Å². The van der Waals surface area contributed by atoms with Crippen molar-refractivity contribution in [2.45, 2.75) is 18.8 Å². The maximum Gasteiger partial charge on any atom is 0.192 e. The fourth-order valence-corrected chi connectivity index (χ4v) is 2.23. The van der Waals surface area contributed by atoms with Gasteiger partial charge in [-0.1, -0.05) is 0 Å². The molecule has 18 heavy (non-hydrogen) atoms. The monoisotopic (exact) mass is 251 g/mol. The Morgan fingerprint density at radius 1 is 1.28 bits per heavy atom. The molecule has 2 N–H and O–H groups in total. The Kier molecular flexibility index (Phi) is 2.89. The molecule has 2 unspecified atom stereocenters. The van der Waals surface area contributed by atoms with Crippen LogP contribution in [0.3, 0.4) is 0 Å². The van der Waals surface area contributed by atoms with Crippen molar-refractivity contribution < 1.29 is 18.9 Å². The zero-order chi connectivity index (χ0) is 12.6. The minimum atomic E-state index is -0.750. The highest BCUT2D eigenvalue weighted by atomic mass is 16.7. The Hall–Kier alpha value is -1.30. The number of hydrogen-bond acceptors (Lipinski definition) is 5. The number of fused-ring (bicyclic) bond motifs is 1. The predicted molar refractivity (Wildman–Crippen MR) is 64.7 cm³/mol. The van der Waals surface area contributed by atoms with Crippen molar-refractivity contribution in [2.24, 2.45) is 5.73 Å². The lowest BCUT2D eigenvalue weighted by atomic mass is 10.1. The largest absolute Gasteiger partial charge is 0.486 e. The standard InChI is InChI=1S/C13H17NO4/c1-13(17-8-10(7-14)18-13)9-2-3-11-12(6-9)16-5-4-15-11/h2-3,6,10H,4-5,7-8,14H2,1H3. The van der Waals surface area contributed by atoms with Crippen LogP contribution in [0.4, 0.5) is 0 Å². The highest BCUT2D eigenvalue weighted by Crippen LogP contribution is 2.39. The van der Waals surface area contributed by atoms with Crippen molar-refractivity contribution >= 4 is 0 Å². The second kappa shape index (κ2) is 4.42. The van der Waals surface area contributed by atoms with Gasteiger partial charge in [-0.25, -0.2) is 0 Å². The van der Waals surface area contributed by atoms with Crippen molar-refractivity contribution in [3.05, 3.63) is 23.8 Å². The summed E-state index contributed by atoms with van der Waals surface area (Å²) in [6.07, 6.45) is -0.0526.